The van der Waals surface area contributed by atoms with Gasteiger partial charge in [0, 0.05) is 42.8 Å². The van der Waals surface area contributed by atoms with Crippen LogP contribution in [0.15, 0.2) is 30.5 Å². The minimum Gasteiger partial charge on any atom is -0.368 e. The molecule has 1 aromatic heterocycles. The molecule has 2 atom stereocenters. The number of aliphatic hydroxyl groups excluding tert-OH is 1. The van der Waals surface area contributed by atoms with Gasteiger partial charge in [-0.05, 0) is 63.4 Å². The van der Waals surface area contributed by atoms with Gasteiger partial charge in [0.1, 0.15) is 0 Å². The summed E-state index contributed by atoms with van der Waals surface area (Å²) in [6, 6.07) is 6.82. The molecule has 1 aliphatic carbocycles. The predicted molar refractivity (Wildman–Crippen MR) is 116 cm³/mol. The molecule has 29 heavy (non-hydrogen) atoms. The molecule has 157 valence electrons. The second-order valence-corrected chi connectivity index (χ2v) is 7.71. The van der Waals surface area contributed by atoms with Gasteiger partial charge in [-0.3, -0.25) is 9.69 Å². The summed E-state index contributed by atoms with van der Waals surface area (Å²) in [5.41, 5.74) is 5.21. The van der Waals surface area contributed by atoms with E-state index in [1.54, 1.807) is 0 Å². The number of nitrogens with zero attached hydrogens (tertiary/aromatic N) is 2. The molecule has 0 fully saturated rings. The highest BCUT2D eigenvalue weighted by atomic mass is 16.5. The van der Waals surface area contributed by atoms with Crippen LogP contribution in [0, 0.1) is 12.8 Å². The molecule has 3 N–H and O–H groups in total. The first kappa shape index (κ1) is 21.6. The molecule has 4 rings (SSSR count). The van der Waals surface area contributed by atoms with Gasteiger partial charge in [-0.1, -0.05) is 18.2 Å². The second kappa shape index (κ2) is 9.11. The Morgan fingerprint density at radius 1 is 1.34 bits per heavy atom. The maximum Gasteiger partial charge on any atom is 0.230 e. The van der Waals surface area contributed by atoms with Gasteiger partial charge < -0.3 is 20.1 Å². The van der Waals surface area contributed by atoms with Gasteiger partial charge in [0.05, 0.1) is 5.92 Å². The van der Waals surface area contributed by atoms with Gasteiger partial charge in [0.25, 0.3) is 0 Å². The van der Waals surface area contributed by atoms with Crippen LogP contribution in [-0.2, 0) is 11.2 Å². The molecule has 2 heterocycles. The Hall–Kier alpha value is -2.15. The number of likely N-dealkylation sites (N-methyl/N-ethyl adjacent to an activating group) is 1. The zero-order valence-corrected chi connectivity index (χ0v) is 17.6. The Morgan fingerprint density at radius 3 is 2.66 bits per heavy atom. The maximum atomic E-state index is 12.9. The number of H-pyrrole nitrogens is 1. The number of aromatic amines is 1. The SMILES string of the molecule is CCN(CC)C(=O)[C@@H]1C=C2c3cccc4[nH]cc(c34)C[C@H]2N(C)C1.[CH2]CC(O)O. The third kappa shape index (κ3) is 4.25. The smallest absolute Gasteiger partial charge is 0.230 e. The van der Waals surface area contributed by atoms with Crippen molar-refractivity contribution < 1.29 is 15.0 Å². The Bertz CT molecular complexity index is 883. The highest BCUT2D eigenvalue weighted by Crippen LogP contribution is 2.40. The van der Waals surface area contributed by atoms with Gasteiger partial charge in [0.15, 0.2) is 6.29 Å². The average Bonchev–Trinajstić information content (AvgIpc) is 3.14. The van der Waals surface area contributed by atoms with Gasteiger partial charge in [-0.2, -0.15) is 0 Å². The number of rotatable bonds is 4. The number of fused-ring (bicyclic) bond motifs is 2. The predicted octanol–water partition coefficient (Wildman–Crippen LogP) is 2.43. The van der Waals surface area contributed by atoms with E-state index in [-0.39, 0.29) is 18.2 Å². The Balaban J connectivity index is 0.000000431. The largest absolute Gasteiger partial charge is 0.368 e. The normalized spacial score (nSPS) is 20.7. The highest BCUT2D eigenvalue weighted by molar-refractivity contribution is 5.99. The minimum absolute atomic E-state index is 0.0445. The van der Waals surface area contributed by atoms with Crippen molar-refractivity contribution in [1.29, 1.82) is 0 Å². The molecule has 6 heteroatoms. The average molecular weight is 399 g/mol. The molecule has 0 spiro atoms. The van der Waals surface area contributed by atoms with Crippen LogP contribution in [-0.4, -0.2) is 69.9 Å². The number of amides is 1. The van der Waals surface area contributed by atoms with E-state index in [0.29, 0.717) is 6.04 Å². The first-order valence-electron chi connectivity index (χ1n) is 10.4. The van der Waals surface area contributed by atoms with Gasteiger partial charge in [-0.25, -0.2) is 0 Å². The van der Waals surface area contributed by atoms with Crippen LogP contribution in [0.5, 0.6) is 0 Å². The standard InChI is InChI=1S/C20H25N3O.C3H7O2/c1-4-23(5-2)20(24)14-9-16-15-7-6-8-17-19(15)13(11-21-17)10-18(16)22(3)12-14;1-2-3(4)5/h6-9,11,14,18,21H,4-5,10,12H2,1-3H3;3-5H,1-2H2/t14-,18-;/m1./s1. The monoisotopic (exact) mass is 398 g/mol. The van der Waals surface area contributed by atoms with Crippen LogP contribution in [0.25, 0.3) is 16.5 Å². The summed E-state index contributed by atoms with van der Waals surface area (Å²) in [5.74, 6) is 0.210. The van der Waals surface area contributed by atoms with Crippen molar-refractivity contribution in [2.75, 3.05) is 26.7 Å². The fourth-order valence-electron chi connectivity index (χ4n) is 4.38. The lowest BCUT2D eigenvalue weighted by Gasteiger charge is -2.40. The first-order valence-corrected chi connectivity index (χ1v) is 10.4. The summed E-state index contributed by atoms with van der Waals surface area (Å²) in [6.07, 6.45) is 4.35. The lowest BCUT2D eigenvalue weighted by Crippen LogP contribution is -2.47. The number of aliphatic hydroxyl groups is 2. The summed E-state index contributed by atoms with van der Waals surface area (Å²) >= 11 is 0. The van der Waals surface area contributed by atoms with Crippen LogP contribution < -0.4 is 0 Å². The van der Waals surface area contributed by atoms with E-state index in [4.69, 9.17) is 10.2 Å². The number of carbonyl (C=O) groups is 1. The van der Waals surface area contributed by atoms with E-state index in [1.165, 1.54) is 27.6 Å². The molecule has 1 aliphatic heterocycles. The summed E-state index contributed by atoms with van der Waals surface area (Å²) in [7, 11) is 2.15. The molecule has 0 saturated heterocycles. The summed E-state index contributed by atoms with van der Waals surface area (Å²) in [5, 5.41) is 17.0. The molecule has 0 unspecified atom stereocenters. The minimum atomic E-state index is -1.23. The summed E-state index contributed by atoms with van der Waals surface area (Å²) in [4.78, 5) is 20.6. The van der Waals surface area contributed by atoms with E-state index in [1.807, 2.05) is 4.90 Å². The molecular formula is C23H32N3O3. The second-order valence-electron chi connectivity index (χ2n) is 7.71. The molecule has 6 nitrogen and oxygen atoms in total. The lowest BCUT2D eigenvalue weighted by molar-refractivity contribution is -0.134. The molecule has 0 saturated carbocycles. The van der Waals surface area contributed by atoms with Crippen molar-refractivity contribution >= 4 is 22.4 Å². The Morgan fingerprint density at radius 2 is 2.03 bits per heavy atom. The molecule has 2 aliphatic rings. The number of benzene rings is 1. The van der Waals surface area contributed by atoms with Crippen molar-refractivity contribution in [2.24, 2.45) is 5.92 Å². The maximum absolute atomic E-state index is 12.9. The van der Waals surface area contributed by atoms with Crippen LogP contribution in [0.2, 0.25) is 0 Å². The van der Waals surface area contributed by atoms with Crippen molar-refractivity contribution in [3.05, 3.63) is 48.5 Å². The zero-order valence-electron chi connectivity index (χ0n) is 17.6. The molecule has 2 aromatic rings. The third-order valence-electron chi connectivity index (χ3n) is 5.92. The quantitative estimate of drug-likeness (QED) is 0.691. The van der Waals surface area contributed by atoms with Crippen LogP contribution in [0.4, 0.5) is 0 Å². The van der Waals surface area contributed by atoms with E-state index < -0.39 is 6.29 Å². The molecule has 1 radical (unpaired) electrons. The van der Waals surface area contributed by atoms with Gasteiger partial charge >= 0.3 is 0 Å². The molecular weight excluding hydrogens is 366 g/mol. The summed E-state index contributed by atoms with van der Waals surface area (Å²) in [6.45, 7) is 9.65. The van der Waals surface area contributed by atoms with Crippen LogP contribution in [0.1, 0.15) is 31.4 Å². The molecule has 1 amide bonds. The van der Waals surface area contributed by atoms with Crippen molar-refractivity contribution in [2.45, 2.75) is 39.0 Å². The Labute approximate surface area is 172 Å². The van der Waals surface area contributed by atoms with E-state index in [2.05, 4.69) is 68.2 Å². The van der Waals surface area contributed by atoms with E-state index in [9.17, 15) is 4.79 Å². The fourth-order valence-corrected chi connectivity index (χ4v) is 4.38. The Kier molecular flexibility index (Phi) is 6.77. The molecule has 0 bridgehead atoms. The summed E-state index contributed by atoms with van der Waals surface area (Å²) < 4.78 is 0. The number of carbonyl (C=O) groups excluding carboxylic acids is 1. The first-order chi connectivity index (χ1) is 13.9. The number of aromatic nitrogens is 1. The molecule has 1 aromatic carbocycles. The van der Waals surface area contributed by atoms with Crippen molar-refractivity contribution in [3.8, 4) is 0 Å². The zero-order chi connectivity index (χ0) is 21.1. The van der Waals surface area contributed by atoms with Gasteiger partial charge in [-0.15, -0.1) is 0 Å². The van der Waals surface area contributed by atoms with E-state index in [0.717, 1.165) is 26.1 Å². The van der Waals surface area contributed by atoms with Crippen LogP contribution in [0.3, 0.4) is 0 Å². The number of hydrogen-bond acceptors (Lipinski definition) is 4. The van der Waals surface area contributed by atoms with Crippen LogP contribution >= 0.6 is 0 Å². The third-order valence-corrected chi connectivity index (χ3v) is 5.92. The van der Waals surface area contributed by atoms with Crippen molar-refractivity contribution in [3.63, 3.8) is 0 Å². The van der Waals surface area contributed by atoms with E-state index >= 15 is 0 Å². The van der Waals surface area contributed by atoms with Crippen molar-refractivity contribution in [1.82, 2.24) is 14.8 Å². The fraction of sp³-hybridized carbons (Fsp3) is 0.478. The topological polar surface area (TPSA) is 79.8 Å². The lowest BCUT2D eigenvalue weighted by atomic mass is 9.79. The highest BCUT2D eigenvalue weighted by Gasteiger charge is 2.36. The number of hydrogen-bond donors (Lipinski definition) is 3. The number of nitrogens with one attached hydrogen (secondary N) is 1. The van der Waals surface area contributed by atoms with Gasteiger partial charge in [0.2, 0.25) is 5.91 Å².